The molecule has 0 unspecified atom stereocenters. The predicted molar refractivity (Wildman–Crippen MR) is 137 cm³/mol. The van der Waals surface area contributed by atoms with Crippen LogP contribution in [0.2, 0.25) is 0 Å². The zero-order chi connectivity index (χ0) is 25.1. The molecule has 2 aliphatic rings. The van der Waals surface area contributed by atoms with Crippen molar-refractivity contribution in [2.45, 2.75) is 38.8 Å². The van der Waals surface area contributed by atoms with Gasteiger partial charge in [0.2, 0.25) is 5.91 Å². The molecule has 7 nitrogen and oxygen atoms in total. The van der Waals surface area contributed by atoms with Gasteiger partial charge >= 0.3 is 0 Å². The first-order valence-electron chi connectivity index (χ1n) is 12.5. The number of nitrogens with zero attached hydrogens (tertiary/aromatic N) is 2. The largest absolute Gasteiger partial charge is 0.490 e. The van der Waals surface area contributed by atoms with Crippen LogP contribution in [0.25, 0.3) is 0 Å². The zero-order valence-electron chi connectivity index (χ0n) is 20.5. The van der Waals surface area contributed by atoms with E-state index in [4.69, 9.17) is 14.3 Å². The highest BCUT2D eigenvalue weighted by atomic mass is 16.7. The Hall–Kier alpha value is -3.84. The van der Waals surface area contributed by atoms with Crippen LogP contribution < -0.4 is 19.4 Å². The van der Waals surface area contributed by atoms with Crippen LogP contribution in [0.4, 0.5) is 11.4 Å². The third-order valence-electron chi connectivity index (χ3n) is 6.51. The maximum absolute atomic E-state index is 13.8. The van der Waals surface area contributed by atoms with Gasteiger partial charge in [0.1, 0.15) is 5.92 Å². The average Bonchev–Trinajstić information content (AvgIpc) is 3.42. The van der Waals surface area contributed by atoms with Crippen LogP contribution in [0.3, 0.4) is 0 Å². The number of anilines is 2. The number of benzene rings is 3. The predicted octanol–water partition coefficient (Wildman–Crippen LogP) is 5.32. The Bertz CT molecular complexity index is 1220. The van der Waals surface area contributed by atoms with Crippen molar-refractivity contribution in [1.82, 2.24) is 0 Å². The van der Waals surface area contributed by atoms with E-state index in [0.29, 0.717) is 30.4 Å². The van der Waals surface area contributed by atoms with Gasteiger partial charge in [-0.1, -0.05) is 55.8 Å². The Morgan fingerprint density at radius 2 is 1.50 bits per heavy atom. The van der Waals surface area contributed by atoms with Crippen molar-refractivity contribution in [1.29, 1.82) is 0 Å². The van der Waals surface area contributed by atoms with Crippen molar-refractivity contribution >= 4 is 23.2 Å². The number of rotatable bonds is 9. The van der Waals surface area contributed by atoms with Crippen LogP contribution >= 0.6 is 0 Å². The Labute approximate surface area is 211 Å². The molecule has 2 aliphatic heterocycles. The van der Waals surface area contributed by atoms with Gasteiger partial charge in [0.15, 0.2) is 17.6 Å². The lowest BCUT2D eigenvalue weighted by Gasteiger charge is -2.29. The van der Waals surface area contributed by atoms with Gasteiger partial charge in [0.05, 0.1) is 30.6 Å². The van der Waals surface area contributed by atoms with Crippen molar-refractivity contribution in [3.63, 3.8) is 0 Å². The fourth-order valence-electron chi connectivity index (χ4n) is 4.81. The minimum absolute atomic E-state index is 0.277. The Balaban J connectivity index is 1.55. The molecule has 0 aliphatic carbocycles. The quantitative estimate of drug-likeness (QED) is 0.301. The van der Waals surface area contributed by atoms with Gasteiger partial charge in [-0.05, 0) is 55.3 Å². The molecule has 0 saturated carbocycles. The molecule has 0 radical (unpaired) electrons. The van der Waals surface area contributed by atoms with Crippen LogP contribution in [0.15, 0.2) is 78.9 Å². The number of hydrogen-bond acceptors (Lipinski definition) is 6. The molecule has 7 heteroatoms. The summed E-state index contributed by atoms with van der Waals surface area (Å²) >= 11 is 0. The molecule has 186 valence electrons. The molecule has 2 fully saturated rings. The number of ether oxygens (including phenoxy) is 2. The van der Waals surface area contributed by atoms with Gasteiger partial charge in [0.25, 0.3) is 5.91 Å². The Morgan fingerprint density at radius 1 is 0.806 bits per heavy atom. The monoisotopic (exact) mass is 486 g/mol. The molecule has 0 bridgehead atoms. The molecule has 0 spiro atoms. The second-order valence-corrected chi connectivity index (χ2v) is 8.85. The third-order valence-corrected chi connectivity index (χ3v) is 6.51. The second kappa shape index (κ2) is 10.4. The number of hydroxylamine groups is 1. The fourth-order valence-corrected chi connectivity index (χ4v) is 4.81. The van der Waals surface area contributed by atoms with E-state index in [-0.39, 0.29) is 11.8 Å². The van der Waals surface area contributed by atoms with Crippen LogP contribution in [-0.4, -0.2) is 31.1 Å². The van der Waals surface area contributed by atoms with E-state index in [1.807, 2.05) is 73.7 Å². The second-order valence-electron chi connectivity index (χ2n) is 8.85. The van der Waals surface area contributed by atoms with Crippen molar-refractivity contribution in [2.24, 2.45) is 5.92 Å². The first-order chi connectivity index (χ1) is 17.6. The van der Waals surface area contributed by atoms with E-state index in [2.05, 4.69) is 6.92 Å². The van der Waals surface area contributed by atoms with Crippen LogP contribution in [0.5, 0.6) is 11.5 Å². The third kappa shape index (κ3) is 4.31. The molecule has 2 heterocycles. The lowest BCUT2D eigenvalue weighted by molar-refractivity contribution is -0.126. The highest BCUT2D eigenvalue weighted by molar-refractivity contribution is 6.23. The van der Waals surface area contributed by atoms with Crippen molar-refractivity contribution in [3.05, 3.63) is 84.4 Å². The number of hydrogen-bond donors (Lipinski definition) is 0. The molecule has 36 heavy (non-hydrogen) atoms. The SMILES string of the molecule is CCCCOc1ccc([C@H]2[C@@H]3C(=O)N(c4ccccc4)C(=O)[C@H]3ON2c2ccccc2)cc1OCC. The van der Waals surface area contributed by atoms with Crippen molar-refractivity contribution in [3.8, 4) is 11.5 Å². The van der Waals surface area contributed by atoms with Gasteiger partial charge in [-0.25, -0.2) is 9.96 Å². The molecule has 0 aromatic heterocycles. The van der Waals surface area contributed by atoms with E-state index >= 15 is 0 Å². The summed E-state index contributed by atoms with van der Waals surface area (Å²) in [4.78, 5) is 34.7. The van der Waals surface area contributed by atoms with E-state index in [1.165, 1.54) is 4.90 Å². The normalized spacial score (nSPS) is 21.1. The molecule has 2 amide bonds. The van der Waals surface area contributed by atoms with Gasteiger partial charge < -0.3 is 9.47 Å². The minimum atomic E-state index is -0.918. The summed E-state index contributed by atoms with van der Waals surface area (Å²) in [5, 5.41) is 1.69. The van der Waals surface area contributed by atoms with E-state index in [9.17, 15) is 9.59 Å². The number of carbonyl (C=O) groups is 2. The summed E-state index contributed by atoms with van der Waals surface area (Å²) in [7, 11) is 0. The summed E-state index contributed by atoms with van der Waals surface area (Å²) in [6.07, 6.45) is 1.06. The molecule has 0 N–H and O–H groups in total. The fraction of sp³-hybridized carbons (Fsp3) is 0.310. The molecule has 3 atom stereocenters. The zero-order valence-corrected chi connectivity index (χ0v) is 20.5. The summed E-state index contributed by atoms with van der Waals surface area (Å²) in [6.45, 7) is 5.11. The molecule has 3 aromatic rings. The van der Waals surface area contributed by atoms with Gasteiger partial charge in [-0.2, -0.15) is 0 Å². The summed E-state index contributed by atoms with van der Waals surface area (Å²) < 4.78 is 11.9. The molecular formula is C29H30N2O5. The number of unbranched alkanes of at least 4 members (excludes halogenated alkanes) is 1. The molecular weight excluding hydrogens is 456 g/mol. The maximum atomic E-state index is 13.8. The lowest BCUT2D eigenvalue weighted by Crippen LogP contribution is -2.37. The summed E-state index contributed by atoms with van der Waals surface area (Å²) in [5.41, 5.74) is 2.13. The van der Waals surface area contributed by atoms with Crippen LogP contribution in [0.1, 0.15) is 38.3 Å². The number of para-hydroxylation sites is 2. The highest BCUT2D eigenvalue weighted by Crippen LogP contribution is 2.48. The Morgan fingerprint density at radius 3 is 2.17 bits per heavy atom. The molecule has 5 rings (SSSR count). The smallest absolute Gasteiger partial charge is 0.266 e. The van der Waals surface area contributed by atoms with Crippen LogP contribution in [-0.2, 0) is 14.4 Å². The molecule has 3 aromatic carbocycles. The van der Waals surface area contributed by atoms with Gasteiger partial charge in [-0.3, -0.25) is 14.4 Å². The van der Waals surface area contributed by atoms with E-state index in [0.717, 1.165) is 24.1 Å². The Kier molecular flexibility index (Phi) is 6.91. The van der Waals surface area contributed by atoms with E-state index < -0.39 is 18.1 Å². The standard InChI is InChI=1S/C29H30N2O5/c1-3-5-18-35-23-17-16-20(19-24(23)34-4-2)26-25-27(36-31(26)22-14-10-7-11-15-22)29(33)30(28(25)32)21-12-8-6-9-13-21/h6-17,19,25-27H,3-5,18H2,1-2H3/t25-,26-,27-/m0/s1. The van der Waals surface area contributed by atoms with Gasteiger partial charge in [0, 0.05) is 0 Å². The first-order valence-corrected chi connectivity index (χ1v) is 12.5. The minimum Gasteiger partial charge on any atom is -0.490 e. The van der Waals surface area contributed by atoms with Gasteiger partial charge in [-0.15, -0.1) is 0 Å². The number of carbonyl (C=O) groups excluding carboxylic acids is 2. The molecule has 2 saturated heterocycles. The van der Waals surface area contributed by atoms with E-state index in [1.54, 1.807) is 17.2 Å². The van der Waals surface area contributed by atoms with Crippen molar-refractivity contribution < 1.29 is 23.9 Å². The van der Waals surface area contributed by atoms with Crippen LogP contribution in [0, 0.1) is 5.92 Å². The number of imide groups is 1. The van der Waals surface area contributed by atoms with Crippen molar-refractivity contribution in [2.75, 3.05) is 23.2 Å². The lowest BCUT2D eigenvalue weighted by atomic mass is 9.90. The first kappa shape index (κ1) is 23.9. The number of amides is 2. The average molecular weight is 487 g/mol. The highest BCUT2D eigenvalue weighted by Gasteiger charge is 2.60. The topological polar surface area (TPSA) is 68.3 Å². The maximum Gasteiger partial charge on any atom is 0.266 e. The summed E-state index contributed by atoms with van der Waals surface area (Å²) in [6, 6.07) is 23.7. The summed E-state index contributed by atoms with van der Waals surface area (Å²) in [5.74, 6) is -0.0703. The number of fused-ring (bicyclic) bond motifs is 1.